The zero-order chi connectivity index (χ0) is 12.1. The van der Waals surface area contributed by atoms with E-state index < -0.39 is 0 Å². The molecule has 1 fully saturated rings. The van der Waals surface area contributed by atoms with Gasteiger partial charge < -0.3 is 5.32 Å². The van der Waals surface area contributed by atoms with Crippen LogP contribution in [-0.2, 0) is 6.42 Å². The van der Waals surface area contributed by atoms with Gasteiger partial charge in [0.05, 0.1) is 3.79 Å². The molecule has 0 aliphatic heterocycles. The first-order valence-corrected chi connectivity index (χ1v) is 8.38. The van der Waals surface area contributed by atoms with Crippen LogP contribution in [0.15, 0.2) is 15.9 Å². The van der Waals surface area contributed by atoms with Crippen molar-refractivity contribution in [1.82, 2.24) is 5.32 Å². The molecule has 1 aliphatic rings. The quantitative estimate of drug-likeness (QED) is 0.808. The fourth-order valence-electron chi connectivity index (χ4n) is 2.77. The maximum absolute atomic E-state index is 3.76. The Balaban J connectivity index is 1.94. The van der Waals surface area contributed by atoms with Gasteiger partial charge in [-0.1, -0.05) is 19.8 Å². The summed E-state index contributed by atoms with van der Waals surface area (Å²) in [6.45, 7) is 3.41. The topological polar surface area (TPSA) is 12.0 Å². The lowest BCUT2D eigenvalue weighted by Gasteiger charge is -2.24. The molecule has 1 unspecified atom stereocenters. The summed E-state index contributed by atoms with van der Waals surface area (Å²) in [7, 11) is 0. The van der Waals surface area contributed by atoms with Crippen LogP contribution in [0.4, 0.5) is 0 Å². The Morgan fingerprint density at radius 3 is 2.76 bits per heavy atom. The standard InChI is InChI=1S/C14H22BrNS/c1-2-9-16-13(11-5-3-4-6-11)10-12-7-8-14(15)17-12/h7-8,11,13,16H,2-6,9-10H2,1H3. The van der Waals surface area contributed by atoms with E-state index in [-0.39, 0.29) is 0 Å². The Kier molecular flexibility index (Phi) is 5.51. The summed E-state index contributed by atoms with van der Waals surface area (Å²) in [6, 6.07) is 5.14. The zero-order valence-electron chi connectivity index (χ0n) is 10.5. The number of nitrogens with one attached hydrogen (secondary N) is 1. The van der Waals surface area contributed by atoms with E-state index >= 15 is 0 Å². The first-order valence-electron chi connectivity index (χ1n) is 6.77. The van der Waals surface area contributed by atoms with Crippen LogP contribution in [-0.4, -0.2) is 12.6 Å². The monoisotopic (exact) mass is 315 g/mol. The van der Waals surface area contributed by atoms with Crippen LogP contribution in [0.3, 0.4) is 0 Å². The molecule has 1 heterocycles. The normalized spacial score (nSPS) is 18.7. The smallest absolute Gasteiger partial charge is 0.0701 e. The molecule has 17 heavy (non-hydrogen) atoms. The summed E-state index contributed by atoms with van der Waals surface area (Å²) in [5, 5.41) is 3.76. The van der Waals surface area contributed by atoms with E-state index in [0.717, 1.165) is 12.5 Å². The number of hydrogen-bond donors (Lipinski definition) is 1. The van der Waals surface area contributed by atoms with Crippen LogP contribution in [0, 0.1) is 5.92 Å². The number of hydrogen-bond acceptors (Lipinski definition) is 2. The lowest BCUT2D eigenvalue weighted by molar-refractivity contribution is 0.358. The molecular weight excluding hydrogens is 294 g/mol. The molecule has 1 saturated carbocycles. The second-order valence-corrected chi connectivity index (χ2v) is 7.56. The van der Waals surface area contributed by atoms with E-state index in [1.54, 1.807) is 0 Å². The largest absolute Gasteiger partial charge is 0.313 e. The Morgan fingerprint density at radius 2 is 2.18 bits per heavy atom. The highest BCUT2D eigenvalue weighted by Gasteiger charge is 2.24. The van der Waals surface area contributed by atoms with Gasteiger partial charge in [0.15, 0.2) is 0 Å². The number of rotatable bonds is 6. The van der Waals surface area contributed by atoms with Crippen molar-refractivity contribution < 1.29 is 0 Å². The molecule has 1 N–H and O–H groups in total. The third kappa shape index (κ3) is 4.08. The lowest BCUT2D eigenvalue weighted by atomic mass is 9.94. The summed E-state index contributed by atoms with van der Waals surface area (Å²) in [6.07, 6.45) is 8.16. The van der Waals surface area contributed by atoms with Crippen LogP contribution >= 0.6 is 27.3 Å². The van der Waals surface area contributed by atoms with Gasteiger partial charge in [0, 0.05) is 10.9 Å². The molecular formula is C14H22BrNS. The van der Waals surface area contributed by atoms with Crippen molar-refractivity contribution in [3.05, 3.63) is 20.8 Å². The molecule has 0 spiro atoms. The van der Waals surface area contributed by atoms with Crippen molar-refractivity contribution in [2.75, 3.05) is 6.54 Å². The van der Waals surface area contributed by atoms with Gasteiger partial charge in [-0.2, -0.15) is 0 Å². The van der Waals surface area contributed by atoms with Crippen molar-refractivity contribution in [2.45, 2.75) is 51.5 Å². The van der Waals surface area contributed by atoms with Gasteiger partial charge in [0.1, 0.15) is 0 Å². The molecule has 0 saturated heterocycles. The minimum Gasteiger partial charge on any atom is -0.313 e. The van der Waals surface area contributed by atoms with E-state index in [2.05, 4.69) is 40.3 Å². The SMILES string of the molecule is CCCNC(Cc1ccc(Br)s1)C1CCCC1. The Labute approximate surface area is 117 Å². The first-order chi connectivity index (χ1) is 8.29. The molecule has 0 radical (unpaired) electrons. The molecule has 2 rings (SSSR count). The van der Waals surface area contributed by atoms with Gasteiger partial charge in [-0.15, -0.1) is 11.3 Å². The Hall–Kier alpha value is 0.140. The van der Waals surface area contributed by atoms with Crippen molar-refractivity contribution in [3.8, 4) is 0 Å². The van der Waals surface area contributed by atoms with Crippen LogP contribution in [0.25, 0.3) is 0 Å². The van der Waals surface area contributed by atoms with Crippen LogP contribution in [0.1, 0.15) is 43.9 Å². The fraction of sp³-hybridized carbons (Fsp3) is 0.714. The predicted molar refractivity (Wildman–Crippen MR) is 79.8 cm³/mol. The third-order valence-corrected chi connectivity index (χ3v) is 5.32. The van der Waals surface area contributed by atoms with Crippen LogP contribution < -0.4 is 5.32 Å². The summed E-state index contributed by atoms with van der Waals surface area (Å²) >= 11 is 5.44. The average molecular weight is 316 g/mol. The second-order valence-electron chi connectivity index (χ2n) is 5.02. The van der Waals surface area contributed by atoms with Gasteiger partial charge in [0.25, 0.3) is 0 Å². The van der Waals surface area contributed by atoms with Gasteiger partial charge in [-0.3, -0.25) is 0 Å². The van der Waals surface area contributed by atoms with E-state index in [1.807, 2.05) is 11.3 Å². The molecule has 1 aromatic heterocycles. The molecule has 3 heteroatoms. The molecule has 1 atom stereocenters. The summed E-state index contributed by atoms with van der Waals surface area (Å²) in [5.74, 6) is 0.905. The number of halogens is 1. The number of thiophene rings is 1. The molecule has 0 aromatic carbocycles. The fourth-order valence-corrected chi connectivity index (χ4v) is 4.31. The predicted octanol–water partition coefficient (Wildman–Crippen LogP) is 4.61. The molecule has 0 amide bonds. The highest BCUT2D eigenvalue weighted by molar-refractivity contribution is 9.11. The minimum absolute atomic E-state index is 0.697. The van der Waals surface area contributed by atoms with Gasteiger partial charge >= 0.3 is 0 Å². The van der Waals surface area contributed by atoms with Crippen LogP contribution in [0.5, 0.6) is 0 Å². The van der Waals surface area contributed by atoms with Crippen molar-refractivity contribution in [2.24, 2.45) is 5.92 Å². The zero-order valence-corrected chi connectivity index (χ0v) is 12.9. The Morgan fingerprint density at radius 1 is 1.41 bits per heavy atom. The molecule has 0 bridgehead atoms. The van der Waals surface area contributed by atoms with Crippen molar-refractivity contribution in [1.29, 1.82) is 0 Å². The summed E-state index contributed by atoms with van der Waals surface area (Å²) in [5.41, 5.74) is 0. The first kappa shape index (κ1) is 13.6. The van der Waals surface area contributed by atoms with E-state index in [9.17, 15) is 0 Å². The van der Waals surface area contributed by atoms with E-state index in [1.165, 1.54) is 47.2 Å². The molecule has 96 valence electrons. The van der Waals surface area contributed by atoms with E-state index in [0.29, 0.717) is 6.04 Å². The van der Waals surface area contributed by atoms with Crippen molar-refractivity contribution >= 4 is 27.3 Å². The summed E-state index contributed by atoms with van der Waals surface area (Å²) in [4.78, 5) is 1.51. The maximum Gasteiger partial charge on any atom is 0.0701 e. The second kappa shape index (κ2) is 6.91. The van der Waals surface area contributed by atoms with Gasteiger partial charge in [-0.25, -0.2) is 0 Å². The highest BCUT2D eigenvalue weighted by Crippen LogP contribution is 2.31. The summed E-state index contributed by atoms with van der Waals surface area (Å²) < 4.78 is 1.26. The Bertz CT molecular complexity index is 331. The average Bonchev–Trinajstić information content (AvgIpc) is 2.95. The highest BCUT2D eigenvalue weighted by atomic mass is 79.9. The van der Waals surface area contributed by atoms with Gasteiger partial charge in [0.2, 0.25) is 0 Å². The van der Waals surface area contributed by atoms with Gasteiger partial charge in [-0.05, 0) is 66.2 Å². The van der Waals surface area contributed by atoms with E-state index in [4.69, 9.17) is 0 Å². The lowest BCUT2D eigenvalue weighted by Crippen LogP contribution is -2.37. The minimum atomic E-state index is 0.697. The van der Waals surface area contributed by atoms with Crippen molar-refractivity contribution in [3.63, 3.8) is 0 Å². The molecule has 1 aliphatic carbocycles. The van der Waals surface area contributed by atoms with Crippen LogP contribution in [0.2, 0.25) is 0 Å². The third-order valence-electron chi connectivity index (χ3n) is 3.68. The maximum atomic E-state index is 3.76. The molecule has 1 nitrogen and oxygen atoms in total. The molecule has 1 aromatic rings.